The van der Waals surface area contributed by atoms with Crippen molar-refractivity contribution in [2.75, 3.05) is 12.1 Å². The van der Waals surface area contributed by atoms with Crippen LogP contribution in [0.1, 0.15) is 29.5 Å². The molecule has 2 aromatic carbocycles. The molecule has 1 aromatic heterocycles. The smallest absolute Gasteiger partial charge is 0.233 e. The Bertz CT molecular complexity index is 1000. The average Bonchev–Trinajstić information content (AvgIpc) is 3.39. The molecule has 1 amide bonds. The number of fused-ring (bicyclic) bond motifs is 2. The summed E-state index contributed by atoms with van der Waals surface area (Å²) in [4.78, 5) is 17.5. The van der Waals surface area contributed by atoms with Crippen LogP contribution in [-0.2, 0) is 11.2 Å². The normalized spacial score (nSPS) is 22.5. The number of rotatable bonds is 3. The van der Waals surface area contributed by atoms with Gasteiger partial charge < -0.3 is 14.8 Å². The minimum Gasteiger partial charge on any atom is -0.454 e. The molecule has 6 heteroatoms. The lowest BCUT2D eigenvalue weighted by Crippen LogP contribution is -2.37. The van der Waals surface area contributed by atoms with Gasteiger partial charge in [0.2, 0.25) is 12.7 Å². The Kier molecular flexibility index (Phi) is 3.68. The third-order valence-corrected chi connectivity index (χ3v) is 6.13. The first-order valence-corrected chi connectivity index (χ1v) is 9.71. The van der Waals surface area contributed by atoms with E-state index in [-0.39, 0.29) is 18.6 Å². The van der Waals surface area contributed by atoms with Gasteiger partial charge in [0.05, 0.1) is 5.41 Å². The van der Waals surface area contributed by atoms with Crippen LogP contribution in [0.2, 0.25) is 0 Å². The van der Waals surface area contributed by atoms with Crippen LogP contribution < -0.4 is 14.8 Å². The van der Waals surface area contributed by atoms with Gasteiger partial charge in [-0.05, 0) is 42.2 Å². The summed E-state index contributed by atoms with van der Waals surface area (Å²) in [6.07, 6.45) is 2.33. The number of carbonyl (C=O) groups excluding carboxylic acids is 1. The Hall–Kier alpha value is -2.86. The minimum atomic E-state index is -0.634. The molecule has 0 saturated carbocycles. The maximum absolute atomic E-state index is 13.3. The number of amides is 1. The molecular weight excluding hydrogens is 360 g/mol. The van der Waals surface area contributed by atoms with Gasteiger partial charge in [-0.25, -0.2) is 4.98 Å². The molecule has 5 nitrogen and oxygen atoms in total. The van der Waals surface area contributed by atoms with E-state index in [1.807, 2.05) is 42.6 Å². The number of thiazole rings is 1. The van der Waals surface area contributed by atoms with Crippen molar-refractivity contribution >= 4 is 22.4 Å². The molecule has 0 radical (unpaired) electrons. The lowest BCUT2D eigenvalue weighted by atomic mass is 9.73. The Morgan fingerprint density at radius 2 is 2.00 bits per heavy atom. The van der Waals surface area contributed by atoms with Gasteiger partial charge in [-0.1, -0.05) is 30.3 Å². The topological polar surface area (TPSA) is 60.5 Å². The van der Waals surface area contributed by atoms with E-state index in [4.69, 9.17) is 9.47 Å². The molecule has 5 rings (SSSR count). The zero-order valence-electron chi connectivity index (χ0n) is 14.8. The van der Waals surface area contributed by atoms with Crippen molar-refractivity contribution in [2.45, 2.75) is 19.3 Å². The largest absolute Gasteiger partial charge is 0.454 e. The second-order valence-corrected chi connectivity index (χ2v) is 8.03. The number of anilines is 1. The maximum Gasteiger partial charge on any atom is 0.233 e. The van der Waals surface area contributed by atoms with Crippen molar-refractivity contribution in [2.24, 2.45) is 5.41 Å². The Labute approximate surface area is 161 Å². The van der Waals surface area contributed by atoms with Crippen molar-refractivity contribution in [3.05, 3.63) is 70.7 Å². The Morgan fingerprint density at radius 3 is 2.74 bits per heavy atom. The molecule has 27 heavy (non-hydrogen) atoms. The van der Waals surface area contributed by atoms with Gasteiger partial charge in [-0.3, -0.25) is 4.79 Å². The van der Waals surface area contributed by atoms with E-state index >= 15 is 0 Å². The van der Waals surface area contributed by atoms with Gasteiger partial charge >= 0.3 is 0 Å². The van der Waals surface area contributed by atoms with Crippen LogP contribution in [0.3, 0.4) is 0 Å². The number of nitrogens with one attached hydrogen (secondary N) is 1. The minimum absolute atomic E-state index is 0.0236. The van der Waals surface area contributed by atoms with Crippen molar-refractivity contribution in [3.8, 4) is 11.5 Å². The highest BCUT2D eigenvalue weighted by atomic mass is 32.1. The predicted octanol–water partition coefficient (Wildman–Crippen LogP) is 4.20. The highest BCUT2D eigenvalue weighted by Gasteiger charge is 2.49. The molecule has 0 fully saturated rings. The summed E-state index contributed by atoms with van der Waals surface area (Å²) in [5.41, 5.74) is 2.74. The molecule has 0 saturated heterocycles. The van der Waals surface area contributed by atoms with Crippen molar-refractivity contribution < 1.29 is 14.3 Å². The molecule has 1 N–H and O–H groups in total. The highest BCUT2D eigenvalue weighted by molar-refractivity contribution is 7.13. The molecule has 1 aliphatic carbocycles. The summed E-state index contributed by atoms with van der Waals surface area (Å²) >= 11 is 1.42. The summed E-state index contributed by atoms with van der Waals surface area (Å²) in [6, 6.07) is 14.2. The summed E-state index contributed by atoms with van der Waals surface area (Å²) in [6.45, 7) is 2.27. The van der Waals surface area contributed by atoms with Crippen molar-refractivity contribution in [3.63, 3.8) is 0 Å². The Balaban J connectivity index is 1.61. The van der Waals surface area contributed by atoms with Gasteiger partial charge in [0, 0.05) is 17.5 Å². The fourth-order valence-corrected chi connectivity index (χ4v) is 4.72. The van der Waals surface area contributed by atoms with Gasteiger partial charge in [-0.2, -0.15) is 0 Å². The number of benzene rings is 2. The number of nitrogens with zero attached hydrogens (tertiary/aromatic N) is 1. The first kappa shape index (κ1) is 16.3. The number of aromatic nitrogens is 1. The first-order chi connectivity index (χ1) is 13.1. The van der Waals surface area contributed by atoms with Crippen LogP contribution in [0.25, 0.3) is 0 Å². The molecule has 2 aliphatic rings. The molecule has 0 bridgehead atoms. The molecule has 2 unspecified atom stereocenters. The second kappa shape index (κ2) is 6.09. The fourth-order valence-electron chi connectivity index (χ4n) is 4.19. The molecule has 136 valence electrons. The SMILES string of the molecule is CC1(C(=O)Nc2nccs2)Cc2cc3c(cc2C1c1ccccc1)OCO3. The van der Waals surface area contributed by atoms with E-state index in [1.165, 1.54) is 11.3 Å². The highest BCUT2D eigenvalue weighted by Crippen LogP contribution is 2.54. The zero-order valence-corrected chi connectivity index (χ0v) is 15.6. The average molecular weight is 378 g/mol. The van der Waals surface area contributed by atoms with Gasteiger partial charge in [0.25, 0.3) is 0 Å². The van der Waals surface area contributed by atoms with Crippen molar-refractivity contribution in [1.82, 2.24) is 4.98 Å². The molecule has 3 aromatic rings. The number of hydrogen-bond acceptors (Lipinski definition) is 5. The van der Waals surface area contributed by atoms with Gasteiger partial charge in [0.1, 0.15) is 0 Å². The van der Waals surface area contributed by atoms with E-state index in [0.29, 0.717) is 11.6 Å². The molecule has 2 heterocycles. The monoisotopic (exact) mass is 378 g/mol. The number of hydrogen-bond donors (Lipinski definition) is 1. The van der Waals surface area contributed by atoms with E-state index in [9.17, 15) is 4.79 Å². The van der Waals surface area contributed by atoms with Crippen LogP contribution in [0.5, 0.6) is 11.5 Å². The van der Waals surface area contributed by atoms with E-state index in [2.05, 4.69) is 22.4 Å². The summed E-state index contributed by atoms with van der Waals surface area (Å²) < 4.78 is 11.1. The molecule has 1 aliphatic heterocycles. The number of carbonyl (C=O) groups is 1. The lowest BCUT2D eigenvalue weighted by molar-refractivity contribution is -0.125. The van der Waals surface area contributed by atoms with Crippen LogP contribution in [0.15, 0.2) is 54.0 Å². The van der Waals surface area contributed by atoms with E-state index in [0.717, 1.165) is 28.2 Å². The summed E-state index contributed by atoms with van der Waals surface area (Å²) in [5.74, 6) is 1.41. The van der Waals surface area contributed by atoms with E-state index in [1.54, 1.807) is 6.20 Å². The molecular formula is C21H18N2O3S. The van der Waals surface area contributed by atoms with Crippen LogP contribution in [0.4, 0.5) is 5.13 Å². The zero-order chi connectivity index (χ0) is 18.4. The fraction of sp³-hybridized carbons (Fsp3) is 0.238. The summed E-state index contributed by atoms with van der Waals surface area (Å²) in [7, 11) is 0. The van der Waals surface area contributed by atoms with Crippen molar-refractivity contribution in [1.29, 1.82) is 0 Å². The quantitative estimate of drug-likeness (QED) is 0.742. The molecule has 0 spiro atoms. The predicted molar refractivity (Wildman–Crippen MR) is 103 cm³/mol. The second-order valence-electron chi connectivity index (χ2n) is 7.13. The standard InChI is InChI=1S/C21H18N2O3S/c1-21(19(24)23-20-22-7-8-27-20)11-14-9-16-17(26-12-25-16)10-15(14)18(21)13-5-3-2-4-6-13/h2-10,18H,11-12H2,1H3,(H,22,23,24). The Morgan fingerprint density at radius 1 is 1.22 bits per heavy atom. The van der Waals surface area contributed by atoms with Gasteiger partial charge in [0.15, 0.2) is 16.6 Å². The first-order valence-electron chi connectivity index (χ1n) is 8.83. The summed E-state index contributed by atoms with van der Waals surface area (Å²) in [5, 5.41) is 5.48. The van der Waals surface area contributed by atoms with Crippen LogP contribution >= 0.6 is 11.3 Å². The van der Waals surface area contributed by atoms with Gasteiger partial charge in [-0.15, -0.1) is 11.3 Å². The van der Waals surface area contributed by atoms with E-state index < -0.39 is 5.41 Å². The maximum atomic E-state index is 13.3. The van der Waals surface area contributed by atoms with Crippen LogP contribution in [0, 0.1) is 5.41 Å². The number of ether oxygens (including phenoxy) is 2. The lowest BCUT2D eigenvalue weighted by Gasteiger charge is -2.30. The third-order valence-electron chi connectivity index (χ3n) is 5.44. The third kappa shape index (κ3) is 2.59. The van der Waals surface area contributed by atoms with Crippen LogP contribution in [-0.4, -0.2) is 17.7 Å². The molecule has 2 atom stereocenters.